The van der Waals surface area contributed by atoms with Crippen LogP contribution in [-0.4, -0.2) is 53.5 Å². The van der Waals surface area contributed by atoms with Crippen molar-refractivity contribution in [2.75, 3.05) is 16.8 Å². The lowest BCUT2D eigenvalue weighted by molar-refractivity contribution is -0.133. The number of rotatable bonds is 3. The molecule has 3 heterocycles. The van der Waals surface area contributed by atoms with Crippen LogP contribution in [0.2, 0.25) is 0 Å². The number of aromatic nitrogens is 1. The number of sulfone groups is 1. The van der Waals surface area contributed by atoms with Gasteiger partial charge in [0.05, 0.1) is 17.5 Å². The third-order valence-electron chi connectivity index (χ3n) is 4.01. The van der Waals surface area contributed by atoms with E-state index in [-0.39, 0.29) is 36.0 Å². The van der Waals surface area contributed by atoms with Gasteiger partial charge in [-0.15, -0.1) is 0 Å². The molecule has 1 aromatic rings. The molecule has 128 valence electrons. The Morgan fingerprint density at radius 2 is 2.12 bits per heavy atom. The molecule has 0 bridgehead atoms. The third kappa shape index (κ3) is 3.61. The van der Waals surface area contributed by atoms with Gasteiger partial charge in [-0.1, -0.05) is 6.07 Å². The highest BCUT2D eigenvalue weighted by atomic mass is 32.2. The maximum atomic E-state index is 12.3. The normalized spacial score (nSPS) is 23.0. The lowest BCUT2D eigenvalue weighted by Crippen LogP contribution is -2.42. The number of anilines is 1. The zero-order valence-corrected chi connectivity index (χ0v) is 14.0. The van der Waals surface area contributed by atoms with Gasteiger partial charge >= 0.3 is 0 Å². The van der Waals surface area contributed by atoms with Gasteiger partial charge in [0.1, 0.15) is 11.5 Å². The second-order valence-electron chi connectivity index (χ2n) is 5.96. The summed E-state index contributed by atoms with van der Waals surface area (Å²) >= 11 is 0. The summed E-state index contributed by atoms with van der Waals surface area (Å²) in [5, 5.41) is 7.96. The van der Waals surface area contributed by atoms with Crippen molar-refractivity contribution in [1.29, 1.82) is 0 Å². The first-order chi connectivity index (χ1) is 11.3. The maximum absolute atomic E-state index is 12.3. The van der Waals surface area contributed by atoms with Crippen LogP contribution in [0.5, 0.6) is 0 Å². The van der Waals surface area contributed by atoms with Gasteiger partial charge in [0.15, 0.2) is 9.84 Å². The summed E-state index contributed by atoms with van der Waals surface area (Å²) in [4.78, 5) is 28.6. The molecule has 24 heavy (non-hydrogen) atoms. The molecule has 0 radical (unpaired) electrons. The molecule has 1 saturated heterocycles. The van der Waals surface area contributed by atoms with E-state index in [0.717, 1.165) is 5.69 Å². The molecule has 2 aliphatic rings. The fourth-order valence-electron chi connectivity index (χ4n) is 2.79. The molecule has 9 heteroatoms. The van der Waals surface area contributed by atoms with Crippen molar-refractivity contribution in [3.05, 3.63) is 23.9 Å². The highest BCUT2D eigenvalue weighted by Crippen LogP contribution is 2.22. The van der Waals surface area contributed by atoms with Crippen LogP contribution in [0.1, 0.15) is 25.0 Å². The summed E-state index contributed by atoms with van der Waals surface area (Å²) in [5.41, 5.74) is 0.980. The van der Waals surface area contributed by atoms with Gasteiger partial charge in [-0.2, -0.15) is 5.10 Å². The Kier molecular flexibility index (Phi) is 4.35. The Morgan fingerprint density at radius 3 is 2.79 bits per heavy atom. The number of hydrogen-bond acceptors (Lipinski definition) is 6. The first kappa shape index (κ1) is 16.6. The molecular weight excluding hydrogens is 332 g/mol. The van der Waals surface area contributed by atoms with Gasteiger partial charge in [0.25, 0.3) is 5.91 Å². The summed E-state index contributed by atoms with van der Waals surface area (Å²) in [7, 11) is -3.13. The standard InChI is InChI=1S/C15H18N4O4S/c1-10-3-2-4-13(16-10)17-15(21)12-5-6-14(20)19(18-12)11-7-8-24(22,23)9-11/h2-4,11H,5-9H2,1H3,(H,16,17,21). The predicted octanol–water partition coefficient (Wildman–Crippen LogP) is 0.494. The first-order valence-electron chi connectivity index (χ1n) is 7.69. The Bertz CT molecular complexity index is 819. The van der Waals surface area contributed by atoms with Crippen molar-refractivity contribution in [1.82, 2.24) is 9.99 Å². The van der Waals surface area contributed by atoms with Crippen LogP contribution < -0.4 is 5.32 Å². The summed E-state index contributed by atoms with van der Waals surface area (Å²) in [6.45, 7) is 1.81. The monoisotopic (exact) mass is 350 g/mol. The second-order valence-corrected chi connectivity index (χ2v) is 8.19. The summed E-state index contributed by atoms with van der Waals surface area (Å²) in [6, 6.07) is 4.78. The van der Waals surface area contributed by atoms with E-state index in [0.29, 0.717) is 12.2 Å². The van der Waals surface area contributed by atoms with Gasteiger partial charge in [0.2, 0.25) is 5.91 Å². The minimum atomic E-state index is -3.13. The average molecular weight is 350 g/mol. The Balaban J connectivity index is 1.76. The van der Waals surface area contributed by atoms with Crippen LogP contribution in [0.25, 0.3) is 0 Å². The largest absolute Gasteiger partial charge is 0.305 e. The molecule has 8 nitrogen and oxygen atoms in total. The maximum Gasteiger partial charge on any atom is 0.273 e. The smallest absolute Gasteiger partial charge is 0.273 e. The van der Waals surface area contributed by atoms with E-state index in [1.54, 1.807) is 12.1 Å². The number of carbonyl (C=O) groups excluding carboxylic acids is 2. The van der Waals surface area contributed by atoms with Crippen molar-refractivity contribution in [3.63, 3.8) is 0 Å². The van der Waals surface area contributed by atoms with Gasteiger partial charge in [0, 0.05) is 18.5 Å². The molecule has 2 amide bonds. The number of carbonyl (C=O) groups is 2. The lowest BCUT2D eigenvalue weighted by Gasteiger charge is -2.27. The molecule has 3 rings (SSSR count). The number of hydrazone groups is 1. The summed E-state index contributed by atoms with van der Waals surface area (Å²) in [6.07, 6.45) is 0.725. The molecule has 1 atom stereocenters. The van der Waals surface area contributed by atoms with E-state index in [4.69, 9.17) is 0 Å². The number of hydrogen-bond donors (Lipinski definition) is 1. The zero-order chi connectivity index (χ0) is 17.3. The van der Waals surface area contributed by atoms with Crippen molar-refractivity contribution in [2.24, 2.45) is 5.10 Å². The van der Waals surface area contributed by atoms with Gasteiger partial charge in [-0.25, -0.2) is 18.4 Å². The summed E-state index contributed by atoms with van der Waals surface area (Å²) in [5.74, 6) is -0.314. The van der Waals surface area contributed by atoms with E-state index in [9.17, 15) is 18.0 Å². The van der Waals surface area contributed by atoms with Crippen LogP contribution in [0.4, 0.5) is 5.82 Å². The van der Waals surface area contributed by atoms with E-state index < -0.39 is 21.8 Å². The van der Waals surface area contributed by atoms with E-state index in [1.165, 1.54) is 5.01 Å². The Morgan fingerprint density at radius 1 is 1.33 bits per heavy atom. The molecular formula is C15H18N4O4S. The molecule has 0 aliphatic carbocycles. The van der Waals surface area contributed by atoms with E-state index in [1.807, 2.05) is 13.0 Å². The van der Waals surface area contributed by atoms with Crippen LogP contribution >= 0.6 is 0 Å². The van der Waals surface area contributed by atoms with Crippen LogP contribution in [-0.2, 0) is 19.4 Å². The van der Waals surface area contributed by atoms with Gasteiger partial charge < -0.3 is 5.32 Å². The number of nitrogens with zero attached hydrogens (tertiary/aromatic N) is 3. The number of pyridine rings is 1. The number of nitrogens with one attached hydrogen (secondary N) is 1. The molecule has 1 N–H and O–H groups in total. The summed E-state index contributed by atoms with van der Waals surface area (Å²) < 4.78 is 23.2. The average Bonchev–Trinajstić information content (AvgIpc) is 2.87. The highest BCUT2D eigenvalue weighted by molar-refractivity contribution is 7.91. The quantitative estimate of drug-likeness (QED) is 0.853. The number of amides is 2. The fourth-order valence-corrected chi connectivity index (χ4v) is 4.48. The van der Waals surface area contributed by atoms with E-state index in [2.05, 4.69) is 15.4 Å². The van der Waals surface area contributed by atoms with Crippen LogP contribution in [0, 0.1) is 6.92 Å². The minimum Gasteiger partial charge on any atom is -0.305 e. The minimum absolute atomic E-state index is 0.0473. The third-order valence-corrected chi connectivity index (χ3v) is 5.76. The molecule has 0 spiro atoms. The lowest BCUT2D eigenvalue weighted by atomic mass is 10.1. The Labute approximate surface area is 139 Å². The van der Waals surface area contributed by atoms with Crippen LogP contribution in [0.15, 0.2) is 23.3 Å². The zero-order valence-electron chi connectivity index (χ0n) is 13.2. The first-order valence-corrected chi connectivity index (χ1v) is 9.51. The van der Waals surface area contributed by atoms with Gasteiger partial charge in [-0.3, -0.25) is 9.59 Å². The molecule has 1 unspecified atom stereocenters. The second kappa shape index (κ2) is 6.31. The van der Waals surface area contributed by atoms with Crippen molar-refractivity contribution in [3.8, 4) is 0 Å². The molecule has 2 aliphatic heterocycles. The van der Waals surface area contributed by atoms with Crippen LogP contribution in [0.3, 0.4) is 0 Å². The van der Waals surface area contributed by atoms with Crippen molar-refractivity contribution in [2.45, 2.75) is 32.2 Å². The molecule has 0 saturated carbocycles. The van der Waals surface area contributed by atoms with Crippen molar-refractivity contribution < 1.29 is 18.0 Å². The van der Waals surface area contributed by atoms with E-state index >= 15 is 0 Å². The fraction of sp³-hybridized carbons (Fsp3) is 0.467. The van der Waals surface area contributed by atoms with Crippen molar-refractivity contribution >= 4 is 33.2 Å². The topological polar surface area (TPSA) is 109 Å². The molecule has 1 fully saturated rings. The van der Waals surface area contributed by atoms with Gasteiger partial charge in [-0.05, 0) is 25.5 Å². The molecule has 0 aromatic carbocycles. The molecule has 1 aromatic heterocycles. The Hall–Kier alpha value is -2.29. The number of aryl methyl sites for hydroxylation is 1. The predicted molar refractivity (Wildman–Crippen MR) is 88.2 cm³/mol. The SMILES string of the molecule is Cc1cccc(NC(=O)C2=NN(C3CCS(=O)(=O)C3)C(=O)CC2)n1. The highest BCUT2D eigenvalue weighted by Gasteiger charge is 2.37.